The van der Waals surface area contributed by atoms with Crippen LogP contribution in [0.4, 0.5) is 0 Å². The van der Waals surface area contributed by atoms with Crippen LogP contribution in [-0.2, 0) is 4.74 Å². The van der Waals surface area contributed by atoms with Gasteiger partial charge in [-0.3, -0.25) is 0 Å². The van der Waals surface area contributed by atoms with E-state index in [4.69, 9.17) is 14.9 Å². The maximum atomic E-state index is 8.93. The van der Waals surface area contributed by atoms with Crippen LogP contribution in [0.15, 0.2) is 0 Å². The van der Waals surface area contributed by atoms with Gasteiger partial charge in [0.1, 0.15) is 0 Å². The number of hydrogen-bond acceptors (Lipinski definition) is 3. The summed E-state index contributed by atoms with van der Waals surface area (Å²) in [6, 6.07) is 0. The molecule has 0 unspecified atom stereocenters. The van der Waals surface area contributed by atoms with Crippen LogP contribution in [0.5, 0.6) is 0 Å². The first-order valence-electron chi connectivity index (χ1n) is 2.82. The molecule has 0 radical (unpaired) electrons. The standard InChI is InChI=1S/C5H9BrO3/c6-4-1-3(7)2-9-5(4)8/h3-5,7-8H,1-2H2/t3-,4-,5-/m0/s1. The molecule has 1 rings (SSSR count). The fourth-order valence-electron chi connectivity index (χ4n) is 0.758. The van der Waals surface area contributed by atoms with Crippen molar-refractivity contribution in [3.05, 3.63) is 0 Å². The summed E-state index contributed by atoms with van der Waals surface area (Å²) in [6.07, 6.45) is -0.632. The lowest BCUT2D eigenvalue weighted by Gasteiger charge is -2.26. The van der Waals surface area contributed by atoms with Gasteiger partial charge in [-0.2, -0.15) is 0 Å². The van der Waals surface area contributed by atoms with Crippen molar-refractivity contribution in [1.29, 1.82) is 0 Å². The van der Waals surface area contributed by atoms with E-state index in [2.05, 4.69) is 15.9 Å². The van der Waals surface area contributed by atoms with E-state index in [1.54, 1.807) is 0 Å². The quantitative estimate of drug-likeness (QED) is 0.531. The van der Waals surface area contributed by atoms with Gasteiger partial charge < -0.3 is 14.9 Å². The molecule has 4 heteroatoms. The third kappa shape index (κ3) is 1.89. The minimum atomic E-state index is -0.756. The molecule has 2 N–H and O–H groups in total. The van der Waals surface area contributed by atoms with Gasteiger partial charge in [0.25, 0.3) is 0 Å². The monoisotopic (exact) mass is 196 g/mol. The molecule has 1 heterocycles. The SMILES string of the molecule is O[C@@H]1CO[C@H](O)[C@@H](Br)C1. The first kappa shape index (κ1) is 7.47. The number of alkyl halides is 1. The molecule has 1 fully saturated rings. The Hall–Kier alpha value is 0.360. The van der Waals surface area contributed by atoms with E-state index in [0.29, 0.717) is 6.42 Å². The summed E-state index contributed by atoms with van der Waals surface area (Å²) in [5, 5.41) is 17.8. The number of rotatable bonds is 0. The van der Waals surface area contributed by atoms with Gasteiger partial charge in [-0.05, 0) is 6.42 Å². The van der Waals surface area contributed by atoms with E-state index < -0.39 is 12.4 Å². The van der Waals surface area contributed by atoms with Crippen molar-refractivity contribution in [3.8, 4) is 0 Å². The Kier molecular flexibility index (Phi) is 2.46. The summed E-state index contributed by atoms with van der Waals surface area (Å²) < 4.78 is 4.76. The van der Waals surface area contributed by atoms with Crippen LogP contribution < -0.4 is 0 Å². The zero-order valence-corrected chi connectivity index (χ0v) is 6.41. The number of aliphatic hydroxyl groups excluding tert-OH is 2. The van der Waals surface area contributed by atoms with Crippen LogP contribution in [0.25, 0.3) is 0 Å². The highest BCUT2D eigenvalue weighted by atomic mass is 79.9. The maximum absolute atomic E-state index is 8.93. The van der Waals surface area contributed by atoms with Crippen LogP contribution in [0.1, 0.15) is 6.42 Å². The molecule has 0 aliphatic carbocycles. The summed E-state index contributed by atoms with van der Waals surface area (Å²) >= 11 is 3.16. The first-order chi connectivity index (χ1) is 4.20. The van der Waals surface area contributed by atoms with Gasteiger partial charge in [0.05, 0.1) is 17.5 Å². The molecule has 0 aromatic rings. The molecule has 0 saturated carbocycles. The average Bonchev–Trinajstić information content (AvgIpc) is 1.80. The maximum Gasteiger partial charge on any atom is 0.167 e. The lowest BCUT2D eigenvalue weighted by Crippen LogP contribution is -2.37. The fourth-order valence-corrected chi connectivity index (χ4v) is 1.34. The summed E-state index contributed by atoms with van der Waals surface area (Å²) in [4.78, 5) is -0.124. The van der Waals surface area contributed by atoms with Crippen molar-refractivity contribution in [2.24, 2.45) is 0 Å². The van der Waals surface area contributed by atoms with Crippen molar-refractivity contribution in [2.75, 3.05) is 6.61 Å². The third-order valence-electron chi connectivity index (χ3n) is 1.27. The molecule has 0 aromatic carbocycles. The number of hydrogen-bond donors (Lipinski definition) is 2. The van der Waals surface area contributed by atoms with E-state index >= 15 is 0 Å². The highest BCUT2D eigenvalue weighted by Crippen LogP contribution is 2.19. The Morgan fingerprint density at radius 2 is 2.11 bits per heavy atom. The number of aliphatic hydroxyl groups is 2. The van der Waals surface area contributed by atoms with Crippen LogP contribution in [0.2, 0.25) is 0 Å². The molecular weight excluding hydrogens is 188 g/mol. The lowest BCUT2D eigenvalue weighted by atomic mass is 10.1. The average molecular weight is 197 g/mol. The van der Waals surface area contributed by atoms with Crippen LogP contribution >= 0.6 is 15.9 Å². The highest BCUT2D eigenvalue weighted by Gasteiger charge is 2.26. The zero-order valence-electron chi connectivity index (χ0n) is 4.83. The Labute approximate surface area is 61.8 Å². The largest absolute Gasteiger partial charge is 0.391 e. The molecule has 9 heavy (non-hydrogen) atoms. The predicted octanol–water partition coefficient (Wildman–Crippen LogP) is -0.151. The van der Waals surface area contributed by atoms with E-state index in [-0.39, 0.29) is 11.4 Å². The number of halogens is 1. The Morgan fingerprint density at radius 1 is 1.44 bits per heavy atom. The topological polar surface area (TPSA) is 49.7 Å². The molecule has 1 aliphatic heterocycles. The molecule has 3 nitrogen and oxygen atoms in total. The summed E-state index contributed by atoms with van der Waals surface area (Å²) in [6.45, 7) is 0.239. The molecule has 3 atom stereocenters. The smallest absolute Gasteiger partial charge is 0.167 e. The van der Waals surface area contributed by atoms with Gasteiger partial charge in [0.15, 0.2) is 6.29 Å². The van der Waals surface area contributed by atoms with Gasteiger partial charge >= 0.3 is 0 Å². The highest BCUT2D eigenvalue weighted by molar-refractivity contribution is 9.09. The van der Waals surface area contributed by atoms with E-state index in [1.165, 1.54) is 0 Å². The van der Waals surface area contributed by atoms with E-state index in [9.17, 15) is 0 Å². The van der Waals surface area contributed by atoms with Gasteiger partial charge in [-0.25, -0.2) is 0 Å². The minimum absolute atomic E-state index is 0.124. The Morgan fingerprint density at radius 3 is 2.56 bits per heavy atom. The van der Waals surface area contributed by atoms with Crippen molar-refractivity contribution in [1.82, 2.24) is 0 Å². The summed E-state index contributed by atoms with van der Waals surface area (Å²) in [5.74, 6) is 0. The second-order valence-electron chi connectivity index (χ2n) is 2.13. The van der Waals surface area contributed by atoms with Crippen LogP contribution in [0, 0.1) is 0 Å². The molecule has 0 spiro atoms. The summed E-state index contributed by atoms with van der Waals surface area (Å²) in [5.41, 5.74) is 0. The van der Waals surface area contributed by atoms with Gasteiger partial charge in [0, 0.05) is 0 Å². The van der Waals surface area contributed by atoms with Gasteiger partial charge in [-0.1, -0.05) is 15.9 Å². The van der Waals surface area contributed by atoms with Crippen molar-refractivity contribution < 1.29 is 14.9 Å². The predicted molar refractivity (Wildman–Crippen MR) is 35.3 cm³/mol. The second-order valence-corrected chi connectivity index (χ2v) is 3.31. The second kappa shape index (κ2) is 2.96. The molecular formula is C5H9BrO3. The van der Waals surface area contributed by atoms with Gasteiger partial charge in [-0.15, -0.1) is 0 Å². The lowest BCUT2D eigenvalue weighted by molar-refractivity contribution is -0.149. The molecule has 54 valence electrons. The van der Waals surface area contributed by atoms with Crippen LogP contribution in [-0.4, -0.2) is 34.0 Å². The molecule has 1 saturated heterocycles. The van der Waals surface area contributed by atoms with E-state index in [0.717, 1.165) is 0 Å². The van der Waals surface area contributed by atoms with Crippen molar-refractivity contribution in [3.63, 3.8) is 0 Å². The van der Waals surface area contributed by atoms with Gasteiger partial charge in [0.2, 0.25) is 0 Å². The van der Waals surface area contributed by atoms with Crippen molar-refractivity contribution >= 4 is 15.9 Å². The minimum Gasteiger partial charge on any atom is -0.391 e. The molecule has 0 bridgehead atoms. The fraction of sp³-hybridized carbons (Fsp3) is 1.00. The normalized spacial score (nSPS) is 45.0. The zero-order chi connectivity index (χ0) is 6.85. The Bertz CT molecular complexity index is 98.2. The van der Waals surface area contributed by atoms with Crippen LogP contribution in [0.3, 0.4) is 0 Å². The van der Waals surface area contributed by atoms with Crippen molar-refractivity contribution in [2.45, 2.75) is 23.6 Å². The molecule has 0 aromatic heterocycles. The van der Waals surface area contributed by atoms with E-state index in [1.807, 2.05) is 0 Å². The first-order valence-corrected chi connectivity index (χ1v) is 3.73. The number of ether oxygens (including phenoxy) is 1. The molecule has 0 amide bonds. The summed E-state index contributed by atoms with van der Waals surface area (Å²) in [7, 11) is 0. The Balaban J connectivity index is 2.35. The third-order valence-corrected chi connectivity index (χ3v) is 2.09. The molecule has 1 aliphatic rings.